The maximum atomic E-state index is 8.86. The van der Waals surface area contributed by atoms with Crippen LogP contribution in [0.1, 0.15) is 6.42 Å². The minimum absolute atomic E-state index is 0.0503. The van der Waals surface area contributed by atoms with Crippen LogP contribution in [-0.4, -0.2) is 36.5 Å². The van der Waals surface area contributed by atoms with E-state index in [9.17, 15) is 0 Å². The van der Waals surface area contributed by atoms with Crippen LogP contribution in [0.25, 0.3) is 0 Å². The summed E-state index contributed by atoms with van der Waals surface area (Å²) in [6.07, 6.45) is 0.615. The van der Waals surface area contributed by atoms with Gasteiger partial charge in [0.1, 0.15) is 11.6 Å². The van der Waals surface area contributed by atoms with Crippen LogP contribution in [0.2, 0.25) is 0 Å². The van der Waals surface area contributed by atoms with E-state index in [1.165, 1.54) is 0 Å². The third-order valence-electron chi connectivity index (χ3n) is 1.97. The molecule has 0 saturated heterocycles. The second-order valence-electron chi connectivity index (χ2n) is 3.26. The number of aliphatic hydroxyl groups excluding tert-OH is 1. The predicted octanol–water partition coefficient (Wildman–Crippen LogP) is 0.473. The number of nitrogens with zero attached hydrogens (tertiary/aromatic N) is 1. The highest BCUT2D eigenvalue weighted by atomic mass is 16.5. The number of nitrogens with two attached hydrogens (primary N) is 1. The number of nitrogens with one attached hydrogen (secondary N) is 1. The highest BCUT2D eigenvalue weighted by molar-refractivity contribution is 5.42. The number of aliphatic hydroxyl groups is 1. The molecule has 1 aromatic rings. The maximum Gasteiger partial charge on any atom is 0.128 e. The van der Waals surface area contributed by atoms with Gasteiger partial charge in [-0.15, -0.1) is 0 Å². The SMILES string of the molecule is COCC(CCO)Nc1cccc(N)n1. The Labute approximate surface area is 89.3 Å². The van der Waals surface area contributed by atoms with E-state index in [1.54, 1.807) is 13.2 Å². The van der Waals surface area contributed by atoms with Gasteiger partial charge in [-0.2, -0.15) is 0 Å². The lowest BCUT2D eigenvalue weighted by Gasteiger charge is -2.17. The van der Waals surface area contributed by atoms with Crippen molar-refractivity contribution in [2.75, 3.05) is 31.4 Å². The number of nitrogen functional groups attached to an aromatic ring is 1. The summed E-state index contributed by atoms with van der Waals surface area (Å²) in [5, 5.41) is 12.0. The largest absolute Gasteiger partial charge is 0.396 e. The fraction of sp³-hybridized carbons (Fsp3) is 0.500. The van der Waals surface area contributed by atoms with E-state index >= 15 is 0 Å². The van der Waals surface area contributed by atoms with Crippen molar-refractivity contribution in [3.05, 3.63) is 18.2 Å². The third kappa shape index (κ3) is 4.14. The first kappa shape index (κ1) is 11.7. The monoisotopic (exact) mass is 211 g/mol. The van der Waals surface area contributed by atoms with Gasteiger partial charge in [0.2, 0.25) is 0 Å². The number of hydrogen-bond acceptors (Lipinski definition) is 5. The Balaban J connectivity index is 2.56. The lowest BCUT2D eigenvalue weighted by Crippen LogP contribution is -2.26. The molecular weight excluding hydrogens is 194 g/mol. The van der Waals surface area contributed by atoms with Crippen LogP contribution in [-0.2, 0) is 4.74 Å². The van der Waals surface area contributed by atoms with Crippen molar-refractivity contribution in [1.82, 2.24) is 4.98 Å². The van der Waals surface area contributed by atoms with Crippen molar-refractivity contribution in [3.8, 4) is 0 Å². The Morgan fingerprint density at radius 2 is 2.40 bits per heavy atom. The van der Waals surface area contributed by atoms with E-state index in [0.717, 1.165) is 0 Å². The summed E-state index contributed by atoms with van der Waals surface area (Å²) in [6.45, 7) is 0.639. The first-order chi connectivity index (χ1) is 7.26. The normalized spacial score (nSPS) is 12.4. The Bertz CT molecular complexity index is 288. The smallest absolute Gasteiger partial charge is 0.128 e. The molecule has 1 heterocycles. The molecule has 0 amide bonds. The van der Waals surface area contributed by atoms with Gasteiger partial charge in [-0.1, -0.05) is 6.07 Å². The zero-order chi connectivity index (χ0) is 11.1. The van der Waals surface area contributed by atoms with E-state index in [0.29, 0.717) is 24.7 Å². The molecule has 5 nitrogen and oxygen atoms in total. The molecule has 0 aliphatic carbocycles. The van der Waals surface area contributed by atoms with Crippen molar-refractivity contribution in [1.29, 1.82) is 0 Å². The van der Waals surface area contributed by atoms with Gasteiger partial charge in [-0.05, 0) is 18.6 Å². The molecule has 84 valence electrons. The van der Waals surface area contributed by atoms with Crippen molar-refractivity contribution >= 4 is 11.6 Å². The average Bonchev–Trinajstić information content (AvgIpc) is 2.18. The molecule has 1 unspecified atom stereocenters. The van der Waals surface area contributed by atoms with Crippen LogP contribution in [0.3, 0.4) is 0 Å². The van der Waals surface area contributed by atoms with Gasteiger partial charge in [-0.3, -0.25) is 0 Å². The fourth-order valence-electron chi connectivity index (χ4n) is 1.30. The van der Waals surface area contributed by atoms with E-state index in [-0.39, 0.29) is 12.6 Å². The molecular formula is C10H17N3O2. The molecule has 0 spiro atoms. The molecule has 0 saturated carbocycles. The lowest BCUT2D eigenvalue weighted by atomic mass is 10.2. The molecule has 0 aromatic carbocycles. The van der Waals surface area contributed by atoms with Crippen molar-refractivity contribution < 1.29 is 9.84 Å². The molecule has 1 rings (SSSR count). The number of aromatic nitrogens is 1. The van der Waals surface area contributed by atoms with Crippen LogP contribution in [0.15, 0.2) is 18.2 Å². The first-order valence-corrected chi connectivity index (χ1v) is 4.85. The second kappa shape index (κ2) is 6.21. The van der Waals surface area contributed by atoms with Crippen LogP contribution in [0, 0.1) is 0 Å². The number of anilines is 2. The molecule has 1 aromatic heterocycles. The highest BCUT2D eigenvalue weighted by Gasteiger charge is 2.07. The maximum absolute atomic E-state index is 8.86. The summed E-state index contributed by atoms with van der Waals surface area (Å²) in [7, 11) is 1.62. The van der Waals surface area contributed by atoms with Gasteiger partial charge in [0, 0.05) is 13.7 Å². The Morgan fingerprint density at radius 1 is 1.60 bits per heavy atom. The Kier molecular flexibility index (Phi) is 4.86. The minimum atomic E-state index is 0.0503. The summed E-state index contributed by atoms with van der Waals surface area (Å²) >= 11 is 0. The molecule has 0 aliphatic heterocycles. The van der Waals surface area contributed by atoms with Gasteiger partial charge in [0.05, 0.1) is 12.6 Å². The van der Waals surface area contributed by atoms with E-state index in [4.69, 9.17) is 15.6 Å². The standard InChI is InChI=1S/C10H17N3O2/c1-15-7-8(5-6-14)12-10-4-2-3-9(11)13-10/h2-4,8,14H,5-7H2,1H3,(H3,11,12,13). The number of hydrogen-bond donors (Lipinski definition) is 3. The van der Waals surface area contributed by atoms with Crippen LogP contribution in [0.4, 0.5) is 11.6 Å². The van der Waals surface area contributed by atoms with Crippen LogP contribution >= 0.6 is 0 Å². The molecule has 15 heavy (non-hydrogen) atoms. The van der Waals surface area contributed by atoms with E-state index in [2.05, 4.69) is 10.3 Å². The van der Waals surface area contributed by atoms with Gasteiger partial charge in [0.25, 0.3) is 0 Å². The quantitative estimate of drug-likeness (QED) is 0.637. The van der Waals surface area contributed by atoms with Gasteiger partial charge >= 0.3 is 0 Å². The highest BCUT2D eigenvalue weighted by Crippen LogP contribution is 2.08. The first-order valence-electron chi connectivity index (χ1n) is 4.85. The van der Waals surface area contributed by atoms with Crippen LogP contribution < -0.4 is 11.1 Å². The van der Waals surface area contributed by atoms with E-state index < -0.39 is 0 Å². The van der Waals surface area contributed by atoms with Gasteiger partial charge < -0.3 is 20.9 Å². The number of pyridine rings is 1. The second-order valence-corrected chi connectivity index (χ2v) is 3.26. The molecule has 1 atom stereocenters. The fourth-order valence-corrected chi connectivity index (χ4v) is 1.30. The predicted molar refractivity (Wildman–Crippen MR) is 59.6 cm³/mol. The zero-order valence-electron chi connectivity index (χ0n) is 8.81. The summed E-state index contributed by atoms with van der Waals surface area (Å²) in [6, 6.07) is 5.43. The van der Waals surface area contributed by atoms with Crippen molar-refractivity contribution in [2.24, 2.45) is 0 Å². The molecule has 0 fully saturated rings. The average molecular weight is 211 g/mol. The number of rotatable bonds is 6. The van der Waals surface area contributed by atoms with E-state index in [1.807, 2.05) is 12.1 Å². The molecule has 0 bridgehead atoms. The number of ether oxygens (including phenoxy) is 1. The van der Waals surface area contributed by atoms with Crippen molar-refractivity contribution in [3.63, 3.8) is 0 Å². The molecule has 4 N–H and O–H groups in total. The zero-order valence-corrected chi connectivity index (χ0v) is 8.81. The third-order valence-corrected chi connectivity index (χ3v) is 1.97. The van der Waals surface area contributed by atoms with Gasteiger partial charge in [-0.25, -0.2) is 4.98 Å². The molecule has 5 heteroatoms. The summed E-state index contributed by atoms with van der Waals surface area (Å²) in [5.41, 5.74) is 5.55. The Hall–Kier alpha value is -1.33. The summed E-state index contributed by atoms with van der Waals surface area (Å²) < 4.78 is 5.03. The van der Waals surface area contributed by atoms with Crippen LogP contribution in [0.5, 0.6) is 0 Å². The van der Waals surface area contributed by atoms with Crippen molar-refractivity contribution in [2.45, 2.75) is 12.5 Å². The Morgan fingerprint density at radius 3 is 3.00 bits per heavy atom. The summed E-state index contributed by atoms with van der Waals surface area (Å²) in [4.78, 5) is 4.11. The number of methoxy groups -OCH3 is 1. The molecule has 0 radical (unpaired) electrons. The lowest BCUT2D eigenvalue weighted by molar-refractivity contribution is 0.170. The topological polar surface area (TPSA) is 80.4 Å². The van der Waals surface area contributed by atoms with Gasteiger partial charge in [0.15, 0.2) is 0 Å². The summed E-state index contributed by atoms with van der Waals surface area (Å²) in [5.74, 6) is 1.17. The molecule has 0 aliphatic rings. The minimum Gasteiger partial charge on any atom is -0.396 e.